The van der Waals surface area contributed by atoms with E-state index < -0.39 is 77.3 Å². The van der Waals surface area contributed by atoms with E-state index in [-0.39, 0.29) is 29.7 Å². The molecule has 1 heterocycles. The van der Waals surface area contributed by atoms with Gasteiger partial charge in [0.15, 0.2) is 0 Å². The minimum absolute atomic E-state index is 0.0732. The van der Waals surface area contributed by atoms with Gasteiger partial charge in [0.05, 0.1) is 41.6 Å². The molecule has 1 aliphatic heterocycles. The zero-order valence-corrected chi connectivity index (χ0v) is 24.4. The van der Waals surface area contributed by atoms with Crippen LogP contribution in [0.25, 0.3) is 0 Å². The summed E-state index contributed by atoms with van der Waals surface area (Å²) in [6.45, 7) is 3.81. The van der Waals surface area contributed by atoms with Crippen LogP contribution in [0.1, 0.15) is 73.9 Å². The Morgan fingerprint density at radius 2 is 1.40 bits per heavy atom. The van der Waals surface area contributed by atoms with Crippen molar-refractivity contribution in [2.45, 2.75) is 82.8 Å². The summed E-state index contributed by atoms with van der Waals surface area (Å²) in [6.07, 6.45) is -16.6. The van der Waals surface area contributed by atoms with Gasteiger partial charge in [-0.25, -0.2) is 9.59 Å². The summed E-state index contributed by atoms with van der Waals surface area (Å²) in [7, 11) is 0.911. The number of benzene rings is 2. The number of rotatable bonds is 5. The summed E-state index contributed by atoms with van der Waals surface area (Å²) < 4.78 is 133. The molecule has 16 heteroatoms. The highest BCUT2D eigenvalue weighted by molar-refractivity contribution is 5.71. The first kappa shape index (κ1) is 34.0. The molecule has 1 saturated carbocycles. The first-order valence-electron chi connectivity index (χ1n) is 13.6. The lowest BCUT2D eigenvalue weighted by Crippen LogP contribution is -2.48. The number of fused-ring (bicyclic) bond motifs is 1. The van der Waals surface area contributed by atoms with Crippen molar-refractivity contribution in [2.24, 2.45) is 5.92 Å². The van der Waals surface area contributed by atoms with Crippen molar-refractivity contribution >= 4 is 17.9 Å². The minimum atomic E-state index is -5.18. The van der Waals surface area contributed by atoms with Crippen molar-refractivity contribution in [3.05, 3.63) is 64.2 Å². The van der Waals surface area contributed by atoms with Gasteiger partial charge in [-0.15, -0.1) is 0 Å². The highest BCUT2D eigenvalue weighted by Gasteiger charge is 2.48. The Labute approximate surface area is 251 Å². The molecule has 0 N–H and O–H groups in total. The lowest BCUT2D eigenvalue weighted by atomic mass is 9.87. The number of amides is 1. The van der Waals surface area contributed by atoms with Crippen molar-refractivity contribution in [1.82, 2.24) is 4.90 Å². The zero-order valence-electron chi connectivity index (χ0n) is 24.4. The van der Waals surface area contributed by atoms with Crippen LogP contribution in [-0.2, 0) is 39.4 Å². The molecule has 1 fully saturated rings. The van der Waals surface area contributed by atoms with Crippen LogP contribution in [0.5, 0.6) is 0 Å². The number of nitrogens with zero attached hydrogens (tertiary/aromatic N) is 2. The standard InChI is InChI=1S/C29H29F9N2O5/c1-26(2,3)44-25(42)45-40-21-8-7-17(27(30,31)32)12-20(21)23(13-22(40)16-5-6-16)39(24(41)43-4)14-15-9-18(28(33,34)35)11-19(10-15)29(36,37)38/h7-12,16,22-23H,5-6,13-14H2,1-4H3/t22-,23-/m0/s1. The number of halogens is 9. The van der Waals surface area contributed by atoms with Gasteiger partial charge >= 0.3 is 30.8 Å². The number of methoxy groups -OCH3 is 1. The molecular formula is C29H29F9N2O5. The van der Waals surface area contributed by atoms with Crippen LogP contribution in [0.2, 0.25) is 0 Å². The average molecular weight is 657 g/mol. The number of ether oxygens (including phenoxy) is 2. The predicted octanol–water partition coefficient (Wildman–Crippen LogP) is 8.91. The summed E-state index contributed by atoms with van der Waals surface area (Å²) in [5.41, 5.74) is -6.30. The molecule has 4 rings (SSSR count). The zero-order chi connectivity index (χ0) is 33.7. The molecule has 7 nitrogen and oxygen atoms in total. The van der Waals surface area contributed by atoms with Crippen LogP contribution in [0.3, 0.4) is 0 Å². The number of hydroxylamine groups is 1. The molecule has 2 aromatic rings. The van der Waals surface area contributed by atoms with Gasteiger partial charge in [-0.3, -0.25) is 4.90 Å². The van der Waals surface area contributed by atoms with Gasteiger partial charge in [0.1, 0.15) is 5.60 Å². The number of carbonyl (C=O) groups excluding carboxylic acids is 2. The number of alkyl halides is 9. The van der Waals surface area contributed by atoms with Crippen LogP contribution < -0.4 is 5.06 Å². The van der Waals surface area contributed by atoms with Crippen molar-refractivity contribution in [3.8, 4) is 0 Å². The van der Waals surface area contributed by atoms with Gasteiger partial charge in [-0.05, 0) is 87.9 Å². The molecule has 0 spiro atoms. The molecule has 0 unspecified atom stereocenters. The Morgan fingerprint density at radius 3 is 1.87 bits per heavy atom. The number of hydrogen-bond acceptors (Lipinski definition) is 6. The summed E-state index contributed by atoms with van der Waals surface area (Å²) in [6, 6.07) is 1.13. The maximum atomic E-state index is 13.8. The Balaban J connectivity index is 1.85. The molecule has 0 radical (unpaired) electrons. The minimum Gasteiger partial charge on any atom is -0.453 e. The molecule has 2 atom stereocenters. The van der Waals surface area contributed by atoms with Crippen molar-refractivity contribution in [2.75, 3.05) is 12.2 Å². The quantitative estimate of drug-likeness (QED) is 0.237. The number of hydrogen-bond donors (Lipinski definition) is 0. The molecule has 248 valence electrons. The SMILES string of the molecule is COC(=O)N(Cc1cc(C(F)(F)F)cc(C(F)(F)F)c1)[C@H]1C[C@@H](C2CC2)N(OC(=O)OC(C)(C)C)c2ccc(C(F)(F)F)cc21. The average Bonchev–Trinajstić information content (AvgIpc) is 3.74. The largest absolute Gasteiger partial charge is 0.533 e. The molecule has 1 aliphatic carbocycles. The molecule has 2 aromatic carbocycles. The first-order chi connectivity index (χ1) is 20.6. The fraction of sp³-hybridized carbons (Fsp3) is 0.517. The Kier molecular flexibility index (Phi) is 8.94. The van der Waals surface area contributed by atoms with Gasteiger partial charge in [0.25, 0.3) is 0 Å². The Morgan fingerprint density at radius 1 is 0.844 bits per heavy atom. The highest BCUT2D eigenvalue weighted by Crippen LogP contribution is 2.50. The molecule has 45 heavy (non-hydrogen) atoms. The maximum absolute atomic E-state index is 13.8. The van der Waals surface area contributed by atoms with Crippen molar-refractivity contribution < 1.29 is 63.4 Å². The van der Waals surface area contributed by atoms with Gasteiger partial charge in [0.2, 0.25) is 0 Å². The highest BCUT2D eigenvalue weighted by atomic mass is 19.4. The lowest BCUT2D eigenvalue weighted by molar-refractivity contribution is -0.143. The third-order valence-electron chi connectivity index (χ3n) is 7.23. The van der Waals surface area contributed by atoms with Crippen LogP contribution >= 0.6 is 0 Å². The monoisotopic (exact) mass is 656 g/mol. The van der Waals surface area contributed by atoms with Crippen LogP contribution in [0.15, 0.2) is 36.4 Å². The maximum Gasteiger partial charge on any atom is 0.533 e. The first-order valence-corrected chi connectivity index (χ1v) is 13.6. The predicted molar refractivity (Wildman–Crippen MR) is 140 cm³/mol. The van der Waals surface area contributed by atoms with Crippen LogP contribution in [-0.4, -0.2) is 35.9 Å². The summed E-state index contributed by atoms with van der Waals surface area (Å²) in [4.78, 5) is 32.0. The van der Waals surface area contributed by atoms with Crippen molar-refractivity contribution in [1.29, 1.82) is 0 Å². The molecular weight excluding hydrogens is 627 g/mol. The fourth-order valence-corrected chi connectivity index (χ4v) is 5.18. The van der Waals surface area contributed by atoms with E-state index in [1.165, 1.54) is 0 Å². The molecule has 0 aromatic heterocycles. The summed E-state index contributed by atoms with van der Waals surface area (Å²) >= 11 is 0. The van der Waals surface area contributed by atoms with E-state index in [1.54, 1.807) is 20.8 Å². The Bertz CT molecular complexity index is 1400. The third kappa shape index (κ3) is 8.06. The summed E-state index contributed by atoms with van der Waals surface area (Å²) in [5.74, 6) is -0.171. The second kappa shape index (κ2) is 11.8. The van der Waals surface area contributed by atoms with E-state index in [9.17, 15) is 49.1 Å². The molecule has 1 amide bonds. The van der Waals surface area contributed by atoms with Gasteiger partial charge in [0, 0.05) is 12.1 Å². The number of carbonyl (C=O) groups is 2. The van der Waals surface area contributed by atoms with E-state index in [1.807, 2.05) is 0 Å². The number of anilines is 1. The van der Waals surface area contributed by atoms with E-state index in [2.05, 4.69) is 0 Å². The second-order valence-electron chi connectivity index (χ2n) is 11.8. The third-order valence-corrected chi connectivity index (χ3v) is 7.23. The summed E-state index contributed by atoms with van der Waals surface area (Å²) in [5, 5.41) is 1.10. The molecule has 0 bridgehead atoms. The topological polar surface area (TPSA) is 68.3 Å². The molecule has 2 aliphatic rings. The smallest absolute Gasteiger partial charge is 0.453 e. The normalized spacial score (nSPS) is 19.1. The van der Waals surface area contributed by atoms with E-state index >= 15 is 0 Å². The van der Waals surface area contributed by atoms with Crippen molar-refractivity contribution in [3.63, 3.8) is 0 Å². The van der Waals surface area contributed by atoms with Crippen LogP contribution in [0.4, 0.5) is 54.8 Å². The van der Waals surface area contributed by atoms with E-state index in [0.717, 1.165) is 29.2 Å². The fourth-order valence-electron chi connectivity index (χ4n) is 5.18. The van der Waals surface area contributed by atoms with Gasteiger partial charge < -0.3 is 14.3 Å². The molecule has 0 saturated heterocycles. The second-order valence-corrected chi connectivity index (χ2v) is 11.8. The van der Waals surface area contributed by atoms with Crippen LogP contribution in [0, 0.1) is 5.92 Å². The Hall–Kier alpha value is -3.85. The van der Waals surface area contributed by atoms with E-state index in [0.29, 0.717) is 31.0 Å². The lowest BCUT2D eigenvalue weighted by Gasteiger charge is -2.44. The van der Waals surface area contributed by atoms with E-state index in [4.69, 9.17) is 14.3 Å². The van der Waals surface area contributed by atoms with Gasteiger partial charge in [-0.2, -0.15) is 44.6 Å². The van der Waals surface area contributed by atoms with Gasteiger partial charge in [-0.1, -0.05) is 0 Å².